The molecule has 2 amide bonds. The Balaban J connectivity index is 1.91. The van der Waals surface area contributed by atoms with Gasteiger partial charge in [-0.2, -0.15) is 0 Å². The lowest BCUT2D eigenvalue weighted by molar-refractivity contribution is 0.151. The second-order valence-electron chi connectivity index (χ2n) is 5.22. The Morgan fingerprint density at radius 2 is 2.06 bits per heavy atom. The first-order chi connectivity index (χ1) is 7.61. The minimum atomic E-state index is -0.314. The Kier molecular flexibility index (Phi) is 3.38. The number of carbonyl (C=O) groups is 1. The molecule has 0 spiro atoms. The molecule has 4 heteroatoms. The highest BCUT2D eigenvalue weighted by Crippen LogP contribution is 2.27. The van der Waals surface area contributed by atoms with Crippen molar-refractivity contribution in [2.24, 2.45) is 11.8 Å². The molecular formula is C12H22N2O2. The van der Waals surface area contributed by atoms with E-state index in [-0.39, 0.29) is 12.1 Å². The zero-order valence-electron chi connectivity index (χ0n) is 10.2. The molecule has 1 N–H and O–H groups in total. The second kappa shape index (κ2) is 4.62. The lowest BCUT2D eigenvalue weighted by atomic mass is 9.96. The summed E-state index contributed by atoms with van der Waals surface area (Å²) in [6.45, 7) is 7.41. The van der Waals surface area contributed by atoms with Gasteiger partial charge in [-0.3, -0.25) is 0 Å². The van der Waals surface area contributed by atoms with E-state index >= 15 is 0 Å². The van der Waals surface area contributed by atoms with Gasteiger partial charge in [0.05, 0.1) is 6.10 Å². The van der Waals surface area contributed by atoms with Crippen molar-refractivity contribution in [3.63, 3.8) is 0 Å². The Morgan fingerprint density at radius 3 is 2.56 bits per heavy atom. The Bertz CT molecular complexity index is 270. The molecule has 0 aromatic carbocycles. The highest BCUT2D eigenvalue weighted by atomic mass is 16.3. The molecular weight excluding hydrogens is 204 g/mol. The van der Waals surface area contributed by atoms with E-state index in [1.54, 1.807) is 4.90 Å². The predicted octanol–water partition coefficient (Wildman–Crippen LogP) is 1.15. The molecule has 0 radical (unpaired) electrons. The number of rotatable bonds is 1. The Hall–Kier alpha value is -0.770. The van der Waals surface area contributed by atoms with Crippen LogP contribution < -0.4 is 0 Å². The van der Waals surface area contributed by atoms with Gasteiger partial charge in [0.2, 0.25) is 0 Å². The van der Waals surface area contributed by atoms with Crippen LogP contribution in [0.2, 0.25) is 0 Å². The number of hydrogen-bond acceptors (Lipinski definition) is 2. The Labute approximate surface area is 97.2 Å². The molecule has 0 aliphatic carbocycles. The molecule has 0 bridgehead atoms. The second-order valence-corrected chi connectivity index (χ2v) is 5.22. The van der Waals surface area contributed by atoms with Crippen LogP contribution in [0, 0.1) is 11.8 Å². The summed E-state index contributed by atoms with van der Waals surface area (Å²) in [6.07, 6.45) is 1.56. The number of carbonyl (C=O) groups excluding carboxylic acids is 1. The van der Waals surface area contributed by atoms with Gasteiger partial charge in [0.25, 0.3) is 0 Å². The maximum atomic E-state index is 12.1. The van der Waals surface area contributed by atoms with E-state index in [1.165, 1.54) is 0 Å². The zero-order valence-corrected chi connectivity index (χ0v) is 10.2. The van der Waals surface area contributed by atoms with E-state index in [2.05, 4.69) is 13.8 Å². The fraction of sp³-hybridized carbons (Fsp3) is 0.917. The van der Waals surface area contributed by atoms with Gasteiger partial charge >= 0.3 is 6.03 Å². The van der Waals surface area contributed by atoms with E-state index in [1.807, 2.05) is 4.90 Å². The van der Waals surface area contributed by atoms with E-state index in [4.69, 9.17) is 0 Å². The van der Waals surface area contributed by atoms with Crippen LogP contribution >= 0.6 is 0 Å². The minimum Gasteiger partial charge on any atom is -0.391 e. The summed E-state index contributed by atoms with van der Waals surface area (Å²) in [4.78, 5) is 15.9. The summed E-state index contributed by atoms with van der Waals surface area (Å²) in [5.41, 5.74) is 0. The van der Waals surface area contributed by atoms with Crippen LogP contribution in [0.3, 0.4) is 0 Å². The molecule has 2 aliphatic heterocycles. The number of nitrogens with zero attached hydrogens (tertiary/aromatic N) is 2. The third-order valence-electron chi connectivity index (χ3n) is 4.00. The topological polar surface area (TPSA) is 43.8 Å². The van der Waals surface area contributed by atoms with E-state index in [9.17, 15) is 9.90 Å². The molecule has 2 rings (SSSR count). The maximum Gasteiger partial charge on any atom is 0.320 e. The summed E-state index contributed by atoms with van der Waals surface area (Å²) in [5.74, 6) is 1.26. The van der Waals surface area contributed by atoms with Crippen LogP contribution in [0.5, 0.6) is 0 Å². The normalized spacial score (nSPS) is 34.8. The van der Waals surface area contributed by atoms with Crippen LogP contribution in [0.4, 0.5) is 4.79 Å². The summed E-state index contributed by atoms with van der Waals surface area (Å²) >= 11 is 0. The summed E-state index contributed by atoms with van der Waals surface area (Å²) in [6, 6.07) is 0.124. The molecule has 4 nitrogen and oxygen atoms in total. The lowest BCUT2D eigenvalue weighted by Crippen LogP contribution is -2.41. The maximum absolute atomic E-state index is 12.1. The first-order valence-electron chi connectivity index (χ1n) is 6.33. The number of β-amino-alcohol motifs (C(OH)–C–C–N with tert-alkyl or cyclic N) is 1. The van der Waals surface area contributed by atoms with Gasteiger partial charge in [0.15, 0.2) is 0 Å². The van der Waals surface area contributed by atoms with E-state index < -0.39 is 0 Å². The van der Waals surface area contributed by atoms with Gasteiger partial charge in [-0.1, -0.05) is 20.3 Å². The zero-order chi connectivity index (χ0) is 11.7. The van der Waals surface area contributed by atoms with Crippen molar-refractivity contribution in [2.45, 2.75) is 32.8 Å². The van der Waals surface area contributed by atoms with E-state index in [0.29, 0.717) is 24.9 Å². The number of aliphatic hydroxyl groups is 1. The average molecular weight is 226 g/mol. The first kappa shape index (κ1) is 11.7. The molecule has 2 aliphatic rings. The quantitative estimate of drug-likeness (QED) is 0.729. The van der Waals surface area contributed by atoms with E-state index in [0.717, 1.165) is 25.9 Å². The predicted molar refractivity (Wildman–Crippen MR) is 62.1 cm³/mol. The van der Waals surface area contributed by atoms with Gasteiger partial charge in [-0.15, -0.1) is 0 Å². The third-order valence-corrected chi connectivity index (χ3v) is 4.00. The van der Waals surface area contributed by atoms with Gasteiger partial charge in [0.1, 0.15) is 0 Å². The molecule has 0 unspecified atom stereocenters. The van der Waals surface area contributed by atoms with Crippen molar-refractivity contribution in [2.75, 3.05) is 26.2 Å². The molecule has 2 saturated heterocycles. The minimum absolute atomic E-state index is 0.124. The van der Waals surface area contributed by atoms with Crippen molar-refractivity contribution in [1.82, 2.24) is 9.80 Å². The van der Waals surface area contributed by atoms with Crippen molar-refractivity contribution >= 4 is 6.03 Å². The van der Waals surface area contributed by atoms with Gasteiger partial charge in [-0.25, -0.2) is 4.79 Å². The number of aliphatic hydroxyl groups excluding tert-OH is 1. The molecule has 0 aromatic rings. The molecule has 92 valence electrons. The van der Waals surface area contributed by atoms with Crippen LogP contribution in [0.15, 0.2) is 0 Å². The Morgan fingerprint density at radius 1 is 1.31 bits per heavy atom. The van der Waals surface area contributed by atoms with Crippen molar-refractivity contribution in [3.8, 4) is 0 Å². The number of amides is 2. The highest BCUT2D eigenvalue weighted by Gasteiger charge is 2.35. The monoisotopic (exact) mass is 226 g/mol. The summed E-state index contributed by atoms with van der Waals surface area (Å²) in [5, 5.41) is 9.43. The smallest absolute Gasteiger partial charge is 0.320 e. The van der Waals surface area contributed by atoms with Crippen LogP contribution in [0.25, 0.3) is 0 Å². The molecule has 2 fully saturated rings. The summed E-state index contributed by atoms with van der Waals surface area (Å²) in [7, 11) is 0. The molecule has 2 heterocycles. The SMILES string of the molecule is CC[C@@H]1CN(C(=O)N2CC[C@@H](O)C2)C[C@@H]1C. The number of likely N-dealkylation sites (tertiary alicyclic amines) is 2. The third kappa shape index (κ3) is 2.17. The lowest BCUT2D eigenvalue weighted by Gasteiger charge is -2.24. The fourth-order valence-electron chi connectivity index (χ4n) is 2.84. The van der Waals surface area contributed by atoms with Gasteiger partial charge < -0.3 is 14.9 Å². The molecule has 3 atom stereocenters. The number of urea groups is 1. The van der Waals surface area contributed by atoms with Crippen molar-refractivity contribution in [3.05, 3.63) is 0 Å². The van der Waals surface area contributed by atoms with Crippen LogP contribution in [0.1, 0.15) is 26.7 Å². The van der Waals surface area contributed by atoms with Crippen LogP contribution in [-0.4, -0.2) is 53.2 Å². The summed E-state index contributed by atoms with van der Waals surface area (Å²) < 4.78 is 0. The number of hydrogen-bond donors (Lipinski definition) is 1. The van der Waals surface area contributed by atoms with Crippen molar-refractivity contribution < 1.29 is 9.90 Å². The van der Waals surface area contributed by atoms with Gasteiger partial charge in [-0.05, 0) is 18.3 Å². The van der Waals surface area contributed by atoms with Crippen LogP contribution in [-0.2, 0) is 0 Å². The largest absolute Gasteiger partial charge is 0.391 e. The molecule has 0 saturated carbocycles. The fourth-order valence-corrected chi connectivity index (χ4v) is 2.84. The van der Waals surface area contributed by atoms with Crippen molar-refractivity contribution in [1.29, 1.82) is 0 Å². The highest BCUT2D eigenvalue weighted by molar-refractivity contribution is 5.75. The molecule has 16 heavy (non-hydrogen) atoms. The first-order valence-corrected chi connectivity index (χ1v) is 6.33. The molecule has 0 aromatic heterocycles. The average Bonchev–Trinajstić information content (AvgIpc) is 2.83. The standard InChI is InChI=1S/C12H22N2O2/c1-3-10-7-14(6-9(10)2)12(16)13-5-4-11(15)8-13/h9-11,15H,3-8H2,1-2H3/t9-,10+,11+/m0/s1. The van der Waals surface area contributed by atoms with Gasteiger partial charge in [0, 0.05) is 26.2 Å².